The molecule has 2 aliphatic heterocycles. The lowest BCUT2D eigenvalue weighted by molar-refractivity contribution is -0.143. The zero-order valence-corrected chi connectivity index (χ0v) is 25.9. The zero-order valence-electron chi connectivity index (χ0n) is 25.9. The molecule has 3 heterocycles. The van der Waals surface area contributed by atoms with Crippen molar-refractivity contribution in [2.24, 2.45) is 0 Å². The van der Waals surface area contributed by atoms with Gasteiger partial charge in [0.25, 0.3) is 0 Å². The van der Waals surface area contributed by atoms with Crippen LogP contribution in [-0.2, 0) is 25.4 Å². The van der Waals surface area contributed by atoms with Gasteiger partial charge in [0.15, 0.2) is 5.82 Å². The Balaban J connectivity index is 1.74. The molecule has 0 bridgehead atoms. The third kappa shape index (κ3) is 8.56. The van der Waals surface area contributed by atoms with Crippen LogP contribution in [0.3, 0.4) is 0 Å². The summed E-state index contributed by atoms with van der Waals surface area (Å²) in [7, 11) is 0. The number of anilines is 2. The van der Waals surface area contributed by atoms with Crippen molar-refractivity contribution < 1.29 is 28.6 Å². The number of hydrogen-bond acceptors (Lipinski definition) is 9. The van der Waals surface area contributed by atoms with Gasteiger partial charge in [0.2, 0.25) is 0 Å². The summed E-state index contributed by atoms with van der Waals surface area (Å²) in [5.41, 5.74) is 2.53. The Morgan fingerprint density at radius 3 is 2.42 bits per heavy atom. The summed E-state index contributed by atoms with van der Waals surface area (Å²) in [5, 5.41) is 5.53. The van der Waals surface area contributed by atoms with E-state index in [9.17, 15) is 14.4 Å². The van der Waals surface area contributed by atoms with Gasteiger partial charge in [-0.1, -0.05) is 0 Å². The van der Waals surface area contributed by atoms with E-state index in [2.05, 4.69) is 15.5 Å². The summed E-state index contributed by atoms with van der Waals surface area (Å²) < 4.78 is 16.6. The van der Waals surface area contributed by atoms with Crippen LogP contribution < -0.4 is 15.5 Å². The van der Waals surface area contributed by atoms with Crippen LogP contribution in [0.15, 0.2) is 24.3 Å². The quantitative estimate of drug-likeness (QED) is 0.395. The molecule has 43 heavy (non-hydrogen) atoms. The number of carbonyl (C=O) groups is 3. The molecule has 1 atom stereocenters. The molecule has 0 aliphatic carbocycles. The van der Waals surface area contributed by atoms with E-state index in [4.69, 9.17) is 24.2 Å². The van der Waals surface area contributed by atoms with Gasteiger partial charge in [-0.15, -0.1) is 0 Å². The number of carbonyl (C=O) groups excluding carboxylic acids is 3. The van der Waals surface area contributed by atoms with E-state index in [0.29, 0.717) is 76.8 Å². The molecule has 2 N–H and O–H groups in total. The van der Waals surface area contributed by atoms with Crippen LogP contribution in [0.5, 0.6) is 0 Å². The molecule has 1 aromatic heterocycles. The number of nitrogens with one attached hydrogen (secondary N) is 2. The molecule has 0 radical (unpaired) electrons. The van der Waals surface area contributed by atoms with Crippen molar-refractivity contribution in [1.82, 2.24) is 20.2 Å². The van der Waals surface area contributed by atoms with E-state index in [1.54, 1.807) is 11.8 Å². The van der Waals surface area contributed by atoms with E-state index in [1.807, 2.05) is 52.0 Å². The SMILES string of the molecule is CCNC(=O)Nc1ccc(-c2nc3c(c(N4CCOCC4)n2)CCN(C(=O)OC(C)(C)C)C3CCCC(=O)OCC)cc1. The first-order valence-electron chi connectivity index (χ1n) is 15.1. The lowest BCUT2D eigenvalue weighted by atomic mass is 9.93. The van der Waals surface area contributed by atoms with Gasteiger partial charge in [0.1, 0.15) is 11.4 Å². The van der Waals surface area contributed by atoms with E-state index < -0.39 is 17.7 Å². The number of ether oxygens (including phenoxy) is 3. The highest BCUT2D eigenvalue weighted by molar-refractivity contribution is 5.89. The maximum absolute atomic E-state index is 13.4. The largest absolute Gasteiger partial charge is 0.466 e. The van der Waals surface area contributed by atoms with Crippen molar-refractivity contribution in [3.8, 4) is 11.4 Å². The normalized spacial score (nSPS) is 16.7. The number of fused-ring (bicyclic) bond motifs is 1. The monoisotopic (exact) mass is 596 g/mol. The Morgan fingerprint density at radius 1 is 1.05 bits per heavy atom. The molecular weight excluding hydrogens is 552 g/mol. The third-order valence-corrected chi connectivity index (χ3v) is 7.15. The molecular formula is C31H44N6O6. The predicted molar refractivity (Wildman–Crippen MR) is 163 cm³/mol. The van der Waals surface area contributed by atoms with Crippen molar-refractivity contribution in [3.05, 3.63) is 35.5 Å². The highest BCUT2D eigenvalue weighted by atomic mass is 16.6. The summed E-state index contributed by atoms with van der Waals surface area (Å²) in [6.45, 7) is 13.1. The standard InChI is InChI=1S/C31H44N6O6/c1-6-32-29(39)33-22-13-11-21(12-14-22)27-34-26-23(28(35-27)36-17-19-41-20-18-36)15-16-37(30(40)43-31(3,4)5)24(26)9-8-10-25(38)42-7-2/h11-14,24H,6-10,15-20H2,1-5H3,(H2,32,33,39). The molecule has 1 saturated heterocycles. The average molecular weight is 597 g/mol. The molecule has 1 unspecified atom stereocenters. The highest BCUT2D eigenvalue weighted by Crippen LogP contribution is 2.39. The zero-order chi connectivity index (χ0) is 31.0. The lowest BCUT2D eigenvalue weighted by Gasteiger charge is -2.39. The average Bonchev–Trinajstić information content (AvgIpc) is 2.97. The smallest absolute Gasteiger partial charge is 0.410 e. The van der Waals surface area contributed by atoms with Crippen LogP contribution in [0.1, 0.15) is 71.2 Å². The number of morpholine rings is 1. The lowest BCUT2D eigenvalue weighted by Crippen LogP contribution is -2.45. The number of amides is 3. The summed E-state index contributed by atoms with van der Waals surface area (Å²) in [4.78, 5) is 51.7. The molecule has 2 aliphatic rings. The van der Waals surface area contributed by atoms with Gasteiger partial charge in [0.05, 0.1) is 31.6 Å². The number of hydrogen-bond donors (Lipinski definition) is 2. The summed E-state index contributed by atoms with van der Waals surface area (Å²) in [5.74, 6) is 1.10. The first kappa shape index (κ1) is 32.0. The number of benzene rings is 1. The number of aromatic nitrogens is 2. The molecule has 2 aromatic rings. The highest BCUT2D eigenvalue weighted by Gasteiger charge is 2.37. The maximum Gasteiger partial charge on any atom is 0.410 e. The van der Waals surface area contributed by atoms with E-state index >= 15 is 0 Å². The molecule has 0 saturated carbocycles. The summed E-state index contributed by atoms with van der Waals surface area (Å²) >= 11 is 0. The van der Waals surface area contributed by atoms with Gasteiger partial charge in [-0.3, -0.25) is 9.69 Å². The van der Waals surface area contributed by atoms with E-state index in [-0.39, 0.29) is 18.4 Å². The van der Waals surface area contributed by atoms with E-state index in [0.717, 1.165) is 22.6 Å². The van der Waals surface area contributed by atoms with Crippen molar-refractivity contribution in [3.63, 3.8) is 0 Å². The first-order chi connectivity index (χ1) is 20.6. The molecule has 1 aromatic carbocycles. The number of urea groups is 1. The van der Waals surface area contributed by atoms with Crippen molar-refractivity contribution in [1.29, 1.82) is 0 Å². The van der Waals surface area contributed by atoms with Gasteiger partial charge in [-0.25, -0.2) is 19.6 Å². The summed E-state index contributed by atoms with van der Waals surface area (Å²) in [6, 6.07) is 6.68. The second-order valence-electron chi connectivity index (χ2n) is 11.5. The van der Waals surface area contributed by atoms with Gasteiger partial charge < -0.3 is 29.7 Å². The molecule has 12 nitrogen and oxygen atoms in total. The minimum Gasteiger partial charge on any atom is -0.466 e. The van der Waals surface area contributed by atoms with Gasteiger partial charge in [0, 0.05) is 49.4 Å². The Morgan fingerprint density at radius 2 is 1.77 bits per heavy atom. The summed E-state index contributed by atoms with van der Waals surface area (Å²) in [6.07, 6.45) is 1.45. The topological polar surface area (TPSA) is 135 Å². The fraction of sp³-hybridized carbons (Fsp3) is 0.581. The fourth-order valence-corrected chi connectivity index (χ4v) is 5.25. The second-order valence-corrected chi connectivity index (χ2v) is 11.5. The van der Waals surface area contributed by atoms with Gasteiger partial charge >= 0.3 is 18.1 Å². The van der Waals surface area contributed by atoms with Crippen molar-refractivity contribution in [2.75, 3.05) is 56.2 Å². The van der Waals surface area contributed by atoms with Crippen LogP contribution in [0, 0.1) is 0 Å². The number of esters is 1. The van der Waals surface area contributed by atoms with Crippen LogP contribution in [0.2, 0.25) is 0 Å². The third-order valence-electron chi connectivity index (χ3n) is 7.15. The van der Waals surface area contributed by atoms with E-state index in [1.165, 1.54) is 0 Å². The molecule has 1 fully saturated rings. The molecule has 4 rings (SSSR count). The Hall–Kier alpha value is -3.93. The first-order valence-corrected chi connectivity index (χ1v) is 15.1. The number of nitrogens with zero attached hydrogens (tertiary/aromatic N) is 4. The van der Waals surface area contributed by atoms with Crippen LogP contribution in [0.25, 0.3) is 11.4 Å². The van der Waals surface area contributed by atoms with Crippen LogP contribution in [0.4, 0.5) is 21.1 Å². The van der Waals surface area contributed by atoms with Crippen LogP contribution >= 0.6 is 0 Å². The fourth-order valence-electron chi connectivity index (χ4n) is 5.25. The Labute approximate surface area is 253 Å². The minimum absolute atomic E-state index is 0.246. The second kappa shape index (κ2) is 14.5. The Kier molecular flexibility index (Phi) is 10.8. The molecule has 234 valence electrons. The number of rotatable bonds is 9. The molecule has 3 amide bonds. The van der Waals surface area contributed by atoms with Gasteiger partial charge in [-0.2, -0.15) is 0 Å². The van der Waals surface area contributed by atoms with Crippen LogP contribution in [-0.4, -0.2) is 84.6 Å². The molecule has 12 heteroatoms. The minimum atomic E-state index is -0.660. The predicted octanol–water partition coefficient (Wildman–Crippen LogP) is 4.69. The van der Waals surface area contributed by atoms with Crippen molar-refractivity contribution in [2.45, 2.75) is 71.9 Å². The molecule has 0 spiro atoms. The Bertz CT molecular complexity index is 1270. The van der Waals surface area contributed by atoms with Gasteiger partial charge in [-0.05, 0) is 78.1 Å². The maximum atomic E-state index is 13.4. The van der Waals surface area contributed by atoms with Crippen molar-refractivity contribution >= 4 is 29.6 Å².